The molecule has 1 atom stereocenters. The van der Waals surface area contributed by atoms with E-state index >= 15 is 0 Å². The lowest BCUT2D eigenvalue weighted by Crippen LogP contribution is -2.44. The van der Waals surface area contributed by atoms with Gasteiger partial charge in [0.15, 0.2) is 0 Å². The van der Waals surface area contributed by atoms with Gasteiger partial charge in [0.1, 0.15) is 11.6 Å². The minimum absolute atomic E-state index is 0.103. The van der Waals surface area contributed by atoms with E-state index in [2.05, 4.69) is 10.2 Å². The van der Waals surface area contributed by atoms with Crippen molar-refractivity contribution in [3.8, 4) is 0 Å². The predicted octanol–water partition coefficient (Wildman–Crippen LogP) is 2.78. The molecule has 0 bridgehead atoms. The zero-order valence-electron chi connectivity index (χ0n) is 11.0. The number of nitrogens with zero attached hydrogens (tertiary/aromatic N) is 1. The molecule has 1 heterocycles. The summed E-state index contributed by atoms with van der Waals surface area (Å²) in [6.07, 6.45) is 3.33. The molecule has 5 heteroatoms. The van der Waals surface area contributed by atoms with Gasteiger partial charge in [0.2, 0.25) is 5.91 Å². The first kappa shape index (κ1) is 13.9. The van der Waals surface area contributed by atoms with Crippen molar-refractivity contribution in [1.82, 2.24) is 4.90 Å². The number of hydrogen-bond donors (Lipinski definition) is 1. The van der Waals surface area contributed by atoms with Crippen molar-refractivity contribution in [2.24, 2.45) is 0 Å². The summed E-state index contributed by atoms with van der Waals surface area (Å²) in [7, 11) is 0. The number of benzene rings is 1. The predicted molar refractivity (Wildman–Crippen MR) is 69.9 cm³/mol. The van der Waals surface area contributed by atoms with Crippen molar-refractivity contribution >= 4 is 11.6 Å². The third-order valence-electron chi connectivity index (χ3n) is 3.50. The maximum absolute atomic E-state index is 13.4. The van der Waals surface area contributed by atoms with Crippen LogP contribution in [-0.2, 0) is 4.79 Å². The summed E-state index contributed by atoms with van der Waals surface area (Å²) in [5.41, 5.74) is -0.103. The van der Waals surface area contributed by atoms with E-state index in [0.29, 0.717) is 0 Å². The second kappa shape index (κ2) is 6.10. The monoisotopic (exact) mass is 268 g/mol. The Labute approximate surface area is 111 Å². The summed E-state index contributed by atoms with van der Waals surface area (Å²) in [4.78, 5) is 14.1. The van der Waals surface area contributed by atoms with Gasteiger partial charge in [-0.25, -0.2) is 8.78 Å². The third kappa shape index (κ3) is 3.50. The maximum Gasteiger partial charge on any atom is 0.241 e. The second-order valence-electron chi connectivity index (χ2n) is 4.89. The molecule has 0 radical (unpaired) electrons. The molecule has 1 N–H and O–H groups in total. The number of likely N-dealkylation sites (tertiary alicyclic amines) is 1. The fraction of sp³-hybridized carbons (Fsp3) is 0.500. The van der Waals surface area contributed by atoms with E-state index in [1.165, 1.54) is 6.42 Å². The quantitative estimate of drug-likeness (QED) is 0.914. The zero-order valence-corrected chi connectivity index (χ0v) is 11.0. The fourth-order valence-electron chi connectivity index (χ4n) is 2.30. The Hall–Kier alpha value is -1.49. The Morgan fingerprint density at radius 3 is 2.63 bits per heavy atom. The second-order valence-corrected chi connectivity index (χ2v) is 4.89. The van der Waals surface area contributed by atoms with Crippen LogP contribution in [0.2, 0.25) is 0 Å². The maximum atomic E-state index is 13.4. The zero-order chi connectivity index (χ0) is 13.8. The van der Waals surface area contributed by atoms with E-state index in [1.54, 1.807) is 6.92 Å². The van der Waals surface area contributed by atoms with Crippen molar-refractivity contribution in [1.29, 1.82) is 0 Å². The van der Waals surface area contributed by atoms with Crippen LogP contribution in [0.3, 0.4) is 0 Å². The first-order valence-corrected chi connectivity index (χ1v) is 6.58. The molecule has 0 saturated carbocycles. The van der Waals surface area contributed by atoms with E-state index in [-0.39, 0.29) is 17.6 Å². The average Bonchev–Trinajstić information content (AvgIpc) is 2.43. The molecule has 1 aromatic carbocycles. The molecule has 2 rings (SSSR count). The highest BCUT2D eigenvalue weighted by atomic mass is 19.1. The highest BCUT2D eigenvalue weighted by molar-refractivity contribution is 5.94. The Balaban J connectivity index is 2.01. The van der Waals surface area contributed by atoms with Gasteiger partial charge in [0.25, 0.3) is 0 Å². The van der Waals surface area contributed by atoms with E-state index in [4.69, 9.17) is 0 Å². The molecule has 1 aliphatic rings. The third-order valence-corrected chi connectivity index (χ3v) is 3.50. The lowest BCUT2D eigenvalue weighted by Gasteiger charge is -2.31. The molecule has 1 aliphatic heterocycles. The number of rotatable bonds is 3. The number of amides is 1. The van der Waals surface area contributed by atoms with Gasteiger partial charge in [-0.15, -0.1) is 0 Å². The number of hydrogen-bond acceptors (Lipinski definition) is 2. The summed E-state index contributed by atoms with van der Waals surface area (Å²) >= 11 is 0. The number of piperidine rings is 1. The van der Waals surface area contributed by atoms with E-state index < -0.39 is 11.6 Å². The summed E-state index contributed by atoms with van der Waals surface area (Å²) < 4.78 is 26.5. The smallest absolute Gasteiger partial charge is 0.241 e. The summed E-state index contributed by atoms with van der Waals surface area (Å²) in [6, 6.07) is 2.70. The Kier molecular flexibility index (Phi) is 4.47. The van der Waals surface area contributed by atoms with Gasteiger partial charge in [-0.05, 0) is 45.0 Å². The molecule has 1 fully saturated rings. The van der Waals surface area contributed by atoms with Crippen LogP contribution in [0, 0.1) is 11.6 Å². The first-order chi connectivity index (χ1) is 9.08. The first-order valence-electron chi connectivity index (χ1n) is 6.58. The Morgan fingerprint density at radius 2 is 1.95 bits per heavy atom. The normalized spacial score (nSPS) is 18.1. The molecule has 104 valence electrons. The van der Waals surface area contributed by atoms with Gasteiger partial charge in [-0.2, -0.15) is 0 Å². The number of carbonyl (C=O) groups is 1. The largest absolute Gasteiger partial charge is 0.322 e. The molecular weight excluding hydrogens is 250 g/mol. The molecule has 0 spiro atoms. The average molecular weight is 268 g/mol. The van der Waals surface area contributed by atoms with E-state index in [0.717, 1.165) is 44.1 Å². The van der Waals surface area contributed by atoms with Gasteiger partial charge < -0.3 is 5.32 Å². The van der Waals surface area contributed by atoms with Crippen LogP contribution in [0.25, 0.3) is 0 Å². The van der Waals surface area contributed by atoms with Crippen LogP contribution < -0.4 is 5.32 Å². The SMILES string of the molecule is C[C@H](C(=O)Nc1cc(F)ccc1F)N1CCCCC1. The molecule has 3 nitrogen and oxygen atoms in total. The van der Waals surface area contributed by atoms with Crippen LogP contribution in [0.5, 0.6) is 0 Å². The van der Waals surface area contributed by atoms with Gasteiger partial charge in [-0.1, -0.05) is 6.42 Å². The highest BCUT2D eigenvalue weighted by Gasteiger charge is 2.23. The molecule has 0 unspecified atom stereocenters. The highest BCUT2D eigenvalue weighted by Crippen LogP contribution is 2.17. The number of nitrogens with one attached hydrogen (secondary N) is 1. The summed E-state index contributed by atoms with van der Waals surface area (Å²) in [5, 5.41) is 2.45. The van der Waals surface area contributed by atoms with Crippen LogP contribution in [0.4, 0.5) is 14.5 Å². The van der Waals surface area contributed by atoms with Crippen molar-refractivity contribution < 1.29 is 13.6 Å². The van der Waals surface area contributed by atoms with E-state index in [1.807, 2.05) is 0 Å². The van der Waals surface area contributed by atoms with Crippen molar-refractivity contribution in [2.75, 3.05) is 18.4 Å². The van der Waals surface area contributed by atoms with Crippen molar-refractivity contribution in [3.63, 3.8) is 0 Å². The van der Waals surface area contributed by atoms with Gasteiger partial charge in [0.05, 0.1) is 11.7 Å². The van der Waals surface area contributed by atoms with Crippen LogP contribution >= 0.6 is 0 Å². The lowest BCUT2D eigenvalue weighted by atomic mass is 10.1. The standard InChI is InChI=1S/C14H18F2N2O/c1-10(18-7-3-2-4-8-18)14(19)17-13-9-11(15)5-6-12(13)16/h5-6,9-10H,2-4,7-8H2,1H3,(H,17,19)/t10-/m1/s1. The molecule has 1 amide bonds. The number of halogens is 2. The molecule has 1 aromatic rings. The molecular formula is C14H18F2N2O. The Bertz CT molecular complexity index is 459. The number of anilines is 1. The lowest BCUT2D eigenvalue weighted by molar-refractivity contribution is -0.121. The number of carbonyl (C=O) groups excluding carboxylic acids is 1. The van der Waals surface area contributed by atoms with Crippen molar-refractivity contribution in [2.45, 2.75) is 32.2 Å². The van der Waals surface area contributed by atoms with E-state index in [9.17, 15) is 13.6 Å². The minimum atomic E-state index is -0.624. The van der Waals surface area contributed by atoms with Crippen molar-refractivity contribution in [3.05, 3.63) is 29.8 Å². The topological polar surface area (TPSA) is 32.3 Å². The minimum Gasteiger partial charge on any atom is -0.322 e. The summed E-state index contributed by atoms with van der Waals surface area (Å²) in [6.45, 7) is 3.54. The fourth-order valence-corrected chi connectivity index (χ4v) is 2.30. The van der Waals surface area contributed by atoms with Crippen LogP contribution in [0.1, 0.15) is 26.2 Å². The van der Waals surface area contributed by atoms with Gasteiger partial charge >= 0.3 is 0 Å². The summed E-state index contributed by atoms with van der Waals surface area (Å²) in [5.74, 6) is -1.49. The molecule has 1 saturated heterocycles. The molecule has 0 aromatic heterocycles. The van der Waals surface area contributed by atoms with Crippen LogP contribution in [0.15, 0.2) is 18.2 Å². The Morgan fingerprint density at radius 1 is 1.26 bits per heavy atom. The molecule has 19 heavy (non-hydrogen) atoms. The van der Waals surface area contributed by atoms with Crippen LogP contribution in [-0.4, -0.2) is 29.9 Å². The molecule has 0 aliphatic carbocycles. The van der Waals surface area contributed by atoms with Gasteiger partial charge in [0, 0.05) is 6.07 Å². The van der Waals surface area contributed by atoms with Gasteiger partial charge in [-0.3, -0.25) is 9.69 Å².